The molecule has 3 aromatic rings. The van der Waals surface area contributed by atoms with E-state index in [0.717, 1.165) is 0 Å². The van der Waals surface area contributed by atoms with E-state index in [1.54, 1.807) is 72.8 Å². The van der Waals surface area contributed by atoms with Crippen molar-refractivity contribution in [2.24, 2.45) is 0 Å². The van der Waals surface area contributed by atoms with Crippen LogP contribution in [0, 0.1) is 0 Å². The van der Waals surface area contributed by atoms with Gasteiger partial charge in [0.1, 0.15) is 13.2 Å². The Morgan fingerprint density at radius 2 is 0.905 bits per heavy atom. The summed E-state index contributed by atoms with van der Waals surface area (Å²) in [5, 5.41) is 5.43. The van der Waals surface area contributed by atoms with Gasteiger partial charge in [0.25, 0.3) is 11.8 Å². The fraction of sp³-hybridized carbons (Fsp3) is 0.267. The fourth-order valence-electron chi connectivity index (χ4n) is 3.56. The minimum atomic E-state index is -0.527. The van der Waals surface area contributed by atoms with E-state index in [1.807, 2.05) is 0 Å². The number of nitrogen functional groups attached to an aromatic ring is 2. The van der Waals surface area contributed by atoms with Crippen LogP contribution in [0.25, 0.3) is 0 Å². The van der Waals surface area contributed by atoms with E-state index in [0.29, 0.717) is 33.6 Å². The summed E-state index contributed by atoms with van der Waals surface area (Å²) in [5.41, 5.74) is 13.5. The van der Waals surface area contributed by atoms with E-state index in [4.69, 9.17) is 30.4 Å². The van der Waals surface area contributed by atoms with Gasteiger partial charge in [-0.3, -0.25) is 9.59 Å². The number of hydrogen-bond donors (Lipinski definition) is 4. The molecule has 222 valence electrons. The van der Waals surface area contributed by atoms with Gasteiger partial charge in [0.15, 0.2) is 0 Å². The second-order valence-electron chi connectivity index (χ2n) is 8.76. The predicted octanol–water partition coefficient (Wildman–Crippen LogP) is 2.06. The van der Waals surface area contributed by atoms with E-state index in [1.165, 1.54) is 0 Å². The third-order valence-corrected chi connectivity index (χ3v) is 5.76. The zero-order valence-electron chi connectivity index (χ0n) is 23.0. The normalized spacial score (nSPS) is 10.5. The van der Waals surface area contributed by atoms with Crippen LogP contribution in [0.3, 0.4) is 0 Å². The fourth-order valence-corrected chi connectivity index (χ4v) is 3.56. The second-order valence-corrected chi connectivity index (χ2v) is 8.76. The zero-order chi connectivity index (χ0) is 30.2. The number of carbonyl (C=O) groups is 4. The van der Waals surface area contributed by atoms with Gasteiger partial charge in [-0.25, -0.2) is 9.59 Å². The molecule has 0 fully saturated rings. The first-order chi connectivity index (χ1) is 20.4. The first-order valence-electron chi connectivity index (χ1n) is 13.2. The maximum atomic E-state index is 12.3. The van der Waals surface area contributed by atoms with Gasteiger partial charge in [-0.2, -0.15) is 0 Å². The Morgan fingerprint density at radius 3 is 1.29 bits per heavy atom. The SMILES string of the molecule is Nc1ccccc1C(=O)OCCOCCNC(=O)c1ccc(C(=O)NCCOCCOC(=O)c2ccccc2N)cc1. The standard InChI is InChI=1S/C30H34N4O8/c31-25-7-3-1-5-23(25)29(37)41-19-17-39-15-13-33-27(35)21-9-11-22(12-10-21)28(36)34-14-16-40-18-20-42-30(38)24-6-2-4-8-26(24)32/h1-12H,13-20,31-32H2,(H,33,35)(H,34,36). The molecule has 0 saturated heterocycles. The summed E-state index contributed by atoms with van der Waals surface area (Å²) >= 11 is 0. The quantitative estimate of drug-likeness (QED) is 0.112. The first-order valence-corrected chi connectivity index (χ1v) is 13.2. The predicted molar refractivity (Wildman–Crippen MR) is 155 cm³/mol. The van der Waals surface area contributed by atoms with Crippen molar-refractivity contribution in [2.45, 2.75) is 0 Å². The lowest BCUT2D eigenvalue weighted by atomic mass is 10.1. The summed E-state index contributed by atoms with van der Waals surface area (Å²) < 4.78 is 21.0. The zero-order valence-corrected chi connectivity index (χ0v) is 23.0. The van der Waals surface area contributed by atoms with Gasteiger partial charge < -0.3 is 41.0 Å². The van der Waals surface area contributed by atoms with Crippen molar-refractivity contribution in [2.75, 3.05) is 64.2 Å². The van der Waals surface area contributed by atoms with Crippen molar-refractivity contribution in [3.63, 3.8) is 0 Å². The van der Waals surface area contributed by atoms with Crippen LogP contribution in [0.4, 0.5) is 11.4 Å². The van der Waals surface area contributed by atoms with Crippen molar-refractivity contribution in [3.05, 3.63) is 95.1 Å². The molecule has 0 unspecified atom stereocenters. The summed E-state index contributed by atoms with van der Waals surface area (Å²) in [6, 6.07) is 19.4. The van der Waals surface area contributed by atoms with Crippen LogP contribution >= 0.6 is 0 Å². The Bertz CT molecular complexity index is 1240. The molecule has 0 radical (unpaired) electrons. The highest BCUT2D eigenvalue weighted by atomic mass is 16.6. The van der Waals surface area contributed by atoms with Crippen LogP contribution in [0.1, 0.15) is 41.4 Å². The molecule has 2 amide bonds. The monoisotopic (exact) mass is 578 g/mol. The molecular formula is C30H34N4O8. The highest BCUT2D eigenvalue weighted by Crippen LogP contribution is 2.12. The molecule has 0 spiro atoms. The van der Waals surface area contributed by atoms with Gasteiger partial charge in [0.05, 0.1) is 37.6 Å². The summed E-state index contributed by atoms with van der Waals surface area (Å²) in [7, 11) is 0. The molecule has 0 bridgehead atoms. The van der Waals surface area contributed by atoms with Gasteiger partial charge in [-0.1, -0.05) is 24.3 Å². The third kappa shape index (κ3) is 10.2. The smallest absolute Gasteiger partial charge is 0.340 e. The van der Waals surface area contributed by atoms with Gasteiger partial charge in [0, 0.05) is 35.6 Å². The molecule has 3 rings (SSSR count). The molecule has 0 aromatic heterocycles. The minimum Gasteiger partial charge on any atom is -0.460 e. The molecule has 12 nitrogen and oxygen atoms in total. The lowest BCUT2D eigenvalue weighted by Crippen LogP contribution is -2.29. The van der Waals surface area contributed by atoms with Crippen molar-refractivity contribution >= 4 is 35.1 Å². The molecule has 12 heteroatoms. The Labute approximate surface area is 243 Å². The number of nitrogens with two attached hydrogens (primary N) is 2. The molecule has 0 heterocycles. The van der Waals surface area contributed by atoms with E-state index in [9.17, 15) is 19.2 Å². The minimum absolute atomic E-state index is 0.0525. The van der Waals surface area contributed by atoms with Crippen LogP contribution in [-0.4, -0.2) is 76.5 Å². The number of ether oxygens (including phenoxy) is 4. The molecule has 0 aliphatic rings. The number of amides is 2. The molecule has 3 aromatic carbocycles. The van der Waals surface area contributed by atoms with E-state index in [2.05, 4.69) is 10.6 Å². The number of nitrogens with one attached hydrogen (secondary N) is 2. The van der Waals surface area contributed by atoms with Crippen LogP contribution in [0.5, 0.6) is 0 Å². The Kier molecular flexibility index (Phi) is 12.8. The Balaban J connectivity index is 1.22. The maximum absolute atomic E-state index is 12.3. The molecular weight excluding hydrogens is 544 g/mol. The van der Waals surface area contributed by atoms with Crippen LogP contribution in [0.15, 0.2) is 72.8 Å². The second kappa shape index (κ2) is 17.0. The van der Waals surface area contributed by atoms with Crippen molar-refractivity contribution in [1.82, 2.24) is 10.6 Å². The summed E-state index contributed by atoms with van der Waals surface area (Å²) in [6.45, 7) is 1.39. The summed E-state index contributed by atoms with van der Waals surface area (Å²) in [5.74, 6) is -1.69. The number of hydrogen-bond acceptors (Lipinski definition) is 10. The maximum Gasteiger partial charge on any atom is 0.340 e. The van der Waals surface area contributed by atoms with Gasteiger partial charge in [-0.15, -0.1) is 0 Å². The number of esters is 2. The molecule has 0 saturated carbocycles. The average molecular weight is 579 g/mol. The van der Waals surface area contributed by atoms with Gasteiger partial charge in [0.2, 0.25) is 0 Å². The van der Waals surface area contributed by atoms with Gasteiger partial charge >= 0.3 is 11.9 Å². The largest absolute Gasteiger partial charge is 0.460 e. The van der Waals surface area contributed by atoms with Crippen LogP contribution < -0.4 is 22.1 Å². The highest BCUT2D eigenvalue weighted by Gasteiger charge is 2.12. The first kappa shape index (κ1) is 31.6. The lowest BCUT2D eigenvalue weighted by molar-refractivity contribution is 0.0316. The van der Waals surface area contributed by atoms with Crippen LogP contribution in [-0.2, 0) is 18.9 Å². The van der Waals surface area contributed by atoms with Gasteiger partial charge in [-0.05, 0) is 48.5 Å². The summed E-state index contributed by atoms with van der Waals surface area (Å²) in [6.07, 6.45) is 0. The molecule has 0 atom stereocenters. The number of benzene rings is 3. The molecule has 0 aliphatic carbocycles. The number of rotatable bonds is 16. The highest BCUT2D eigenvalue weighted by molar-refractivity contribution is 5.98. The molecule has 6 N–H and O–H groups in total. The Morgan fingerprint density at radius 1 is 0.524 bits per heavy atom. The molecule has 0 aliphatic heterocycles. The van der Waals surface area contributed by atoms with E-state index in [-0.39, 0.29) is 64.5 Å². The van der Waals surface area contributed by atoms with Crippen molar-refractivity contribution in [3.8, 4) is 0 Å². The van der Waals surface area contributed by atoms with Crippen molar-refractivity contribution < 1.29 is 38.1 Å². The third-order valence-electron chi connectivity index (χ3n) is 5.76. The number of carbonyl (C=O) groups excluding carboxylic acids is 4. The summed E-state index contributed by atoms with van der Waals surface area (Å²) in [4.78, 5) is 48.6. The Hall–Kier alpha value is -4.94. The molecule has 42 heavy (non-hydrogen) atoms. The lowest BCUT2D eigenvalue weighted by Gasteiger charge is -2.09. The van der Waals surface area contributed by atoms with E-state index < -0.39 is 11.9 Å². The number of anilines is 2. The number of para-hydroxylation sites is 2. The van der Waals surface area contributed by atoms with Crippen LogP contribution in [0.2, 0.25) is 0 Å². The topological polar surface area (TPSA) is 181 Å². The van der Waals surface area contributed by atoms with E-state index >= 15 is 0 Å². The average Bonchev–Trinajstić information content (AvgIpc) is 3.00. The van der Waals surface area contributed by atoms with Crippen molar-refractivity contribution in [1.29, 1.82) is 0 Å².